The van der Waals surface area contributed by atoms with E-state index in [0.717, 1.165) is 18.7 Å². The summed E-state index contributed by atoms with van der Waals surface area (Å²) in [7, 11) is 2.06. The molecule has 14 heavy (non-hydrogen) atoms. The van der Waals surface area contributed by atoms with E-state index in [0.29, 0.717) is 5.92 Å². The Morgan fingerprint density at radius 2 is 1.93 bits per heavy atom. The molecule has 2 atom stereocenters. The average Bonchev–Trinajstić information content (AvgIpc) is 2.47. The third-order valence-corrected chi connectivity index (χ3v) is 2.85. The second kappa shape index (κ2) is 3.67. The highest BCUT2D eigenvalue weighted by molar-refractivity contribution is 5.24. The van der Waals surface area contributed by atoms with E-state index in [9.17, 15) is 4.39 Å². The molecule has 76 valence electrons. The second-order valence-corrected chi connectivity index (χ2v) is 4.04. The van der Waals surface area contributed by atoms with E-state index < -0.39 is 0 Å². The van der Waals surface area contributed by atoms with Gasteiger partial charge in [-0.05, 0) is 24.7 Å². The molecule has 1 aliphatic rings. The van der Waals surface area contributed by atoms with Gasteiger partial charge in [-0.2, -0.15) is 0 Å². The third kappa shape index (κ3) is 1.79. The summed E-state index contributed by atoms with van der Waals surface area (Å²) in [5, 5.41) is 0. The fourth-order valence-electron chi connectivity index (χ4n) is 2.10. The molecule has 1 heterocycles. The number of likely N-dealkylation sites (tertiary alicyclic amines) is 1. The lowest BCUT2D eigenvalue weighted by molar-refractivity contribution is 0.407. The summed E-state index contributed by atoms with van der Waals surface area (Å²) in [5.74, 6) is 0.161. The van der Waals surface area contributed by atoms with Crippen molar-refractivity contribution in [3.63, 3.8) is 0 Å². The Kier molecular flexibility index (Phi) is 2.52. The van der Waals surface area contributed by atoms with E-state index in [1.165, 1.54) is 12.1 Å². The van der Waals surface area contributed by atoms with Gasteiger partial charge in [0, 0.05) is 25.0 Å². The summed E-state index contributed by atoms with van der Waals surface area (Å²) < 4.78 is 12.7. The highest BCUT2D eigenvalue weighted by atomic mass is 19.1. The van der Waals surface area contributed by atoms with E-state index in [1.54, 1.807) is 0 Å². The van der Waals surface area contributed by atoms with Crippen molar-refractivity contribution in [2.24, 2.45) is 5.73 Å². The third-order valence-electron chi connectivity index (χ3n) is 2.85. The van der Waals surface area contributed by atoms with Gasteiger partial charge in [0.05, 0.1) is 0 Å². The van der Waals surface area contributed by atoms with Crippen molar-refractivity contribution < 1.29 is 4.39 Å². The fraction of sp³-hybridized carbons (Fsp3) is 0.455. The van der Waals surface area contributed by atoms with Crippen molar-refractivity contribution in [3.05, 3.63) is 35.6 Å². The predicted molar refractivity (Wildman–Crippen MR) is 54.6 cm³/mol. The van der Waals surface area contributed by atoms with E-state index >= 15 is 0 Å². The summed E-state index contributed by atoms with van der Waals surface area (Å²) >= 11 is 0. The van der Waals surface area contributed by atoms with Crippen molar-refractivity contribution in [1.29, 1.82) is 0 Å². The first-order valence-electron chi connectivity index (χ1n) is 4.86. The normalized spacial score (nSPS) is 28.2. The van der Waals surface area contributed by atoms with Crippen LogP contribution in [0, 0.1) is 5.82 Å². The Labute approximate surface area is 83.5 Å². The van der Waals surface area contributed by atoms with E-state index in [2.05, 4.69) is 11.9 Å². The first kappa shape index (κ1) is 9.62. The largest absolute Gasteiger partial charge is 0.326 e. The molecule has 0 saturated carbocycles. The van der Waals surface area contributed by atoms with E-state index in [-0.39, 0.29) is 11.9 Å². The fourth-order valence-corrected chi connectivity index (χ4v) is 2.10. The van der Waals surface area contributed by atoms with E-state index in [4.69, 9.17) is 5.73 Å². The van der Waals surface area contributed by atoms with Gasteiger partial charge in [0.25, 0.3) is 0 Å². The van der Waals surface area contributed by atoms with E-state index in [1.807, 2.05) is 12.1 Å². The first-order valence-corrected chi connectivity index (χ1v) is 4.86. The van der Waals surface area contributed by atoms with Crippen LogP contribution < -0.4 is 5.73 Å². The summed E-state index contributed by atoms with van der Waals surface area (Å²) in [6.07, 6.45) is 0. The lowest BCUT2D eigenvalue weighted by Gasteiger charge is -2.14. The molecule has 0 aromatic heterocycles. The van der Waals surface area contributed by atoms with Gasteiger partial charge in [0.2, 0.25) is 0 Å². The van der Waals surface area contributed by atoms with Gasteiger partial charge >= 0.3 is 0 Å². The Bertz CT molecular complexity index is 310. The zero-order valence-electron chi connectivity index (χ0n) is 8.28. The summed E-state index contributed by atoms with van der Waals surface area (Å²) in [4.78, 5) is 2.21. The zero-order chi connectivity index (χ0) is 10.1. The zero-order valence-corrected chi connectivity index (χ0v) is 8.28. The van der Waals surface area contributed by atoms with Gasteiger partial charge in [-0.3, -0.25) is 0 Å². The maximum atomic E-state index is 12.7. The van der Waals surface area contributed by atoms with Gasteiger partial charge in [-0.25, -0.2) is 4.39 Å². The minimum atomic E-state index is -0.186. The molecule has 0 aliphatic carbocycles. The Morgan fingerprint density at radius 3 is 2.43 bits per heavy atom. The molecule has 1 aliphatic heterocycles. The van der Waals surface area contributed by atoms with Gasteiger partial charge in [-0.1, -0.05) is 12.1 Å². The molecule has 0 bridgehead atoms. The molecule has 0 amide bonds. The molecule has 1 aromatic rings. The molecule has 1 aromatic carbocycles. The lowest BCUT2D eigenvalue weighted by atomic mass is 9.95. The predicted octanol–water partition coefficient (Wildman–Crippen LogP) is 1.18. The van der Waals surface area contributed by atoms with Crippen molar-refractivity contribution in [2.45, 2.75) is 12.0 Å². The van der Waals surface area contributed by atoms with Crippen LogP contribution >= 0.6 is 0 Å². The number of benzene rings is 1. The number of likely N-dealkylation sites (N-methyl/N-ethyl adjacent to an activating group) is 1. The molecular weight excluding hydrogens is 179 g/mol. The van der Waals surface area contributed by atoms with Crippen LogP contribution in [0.3, 0.4) is 0 Å². The molecule has 2 nitrogen and oxygen atoms in total. The number of hydrogen-bond acceptors (Lipinski definition) is 2. The first-order chi connectivity index (χ1) is 6.66. The highest BCUT2D eigenvalue weighted by Gasteiger charge is 2.28. The topological polar surface area (TPSA) is 29.3 Å². The van der Waals surface area contributed by atoms with Crippen LogP contribution in [0.2, 0.25) is 0 Å². The molecule has 2 N–H and O–H groups in total. The standard InChI is InChI=1S/C11H15FN2/c1-14-6-10(11(13)7-14)8-2-4-9(12)5-3-8/h2-5,10-11H,6-7,13H2,1H3. The monoisotopic (exact) mass is 194 g/mol. The van der Waals surface area contributed by atoms with Crippen LogP contribution in [0.25, 0.3) is 0 Å². The minimum absolute atomic E-state index is 0.172. The molecule has 2 rings (SSSR count). The molecule has 0 spiro atoms. The lowest BCUT2D eigenvalue weighted by Crippen LogP contribution is -2.27. The smallest absolute Gasteiger partial charge is 0.123 e. The second-order valence-electron chi connectivity index (χ2n) is 4.04. The number of rotatable bonds is 1. The Morgan fingerprint density at radius 1 is 1.29 bits per heavy atom. The Balaban J connectivity index is 2.19. The van der Waals surface area contributed by atoms with Crippen molar-refractivity contribution in [2.75, 3.05) is 20.1 Å². The number of hydrogen-bond donors (Lipinski definition) is 1. The van der Waals surface area contributed by atoms with Gasteiger partial charge < -0.3 is 10.6 Å². The quantitative estimate of drug-likeness (QED) is 0.727. The minimum Gasteiger partial charge on any atom is -0.326 e. The molecular formula is C11H15FN2. The van der Waals surface area contributed by atoms with Crippen LogP contribution in [-0.2, 0) is 0 Å². The van der Waals surface area contributed by atoms with Crippen LogP contribution in [0.4, 0.5) is 4.39 Å². The summed E-state index contributed by atoms with van der Waals surface area (Å²) in [6.45, 7) is 1.88. The van der Waals surface area contributed by atoms with Gasteiger partial charge in [0.1, 0.15) is 5.82 Å². The average molecular weight is 194 g/mol. The number of halogens is 1. The SMILES string of the molecule is CN1CC(N)C(c2ccc(F)cc2)C1. The van der Waals surface area contributed by atoms with Crippen LogP contribution in [0.5, 0.6) is 0 Å². The number of nitrogens with zero attached hydrogens (tertiary/aromatic N) is 1. The van der Waals surface area contributed by atoms with Crippen LogP contribution in [0.15, 0.2) is 24.3 Å². The molecule has 3 heteroatoms. The maximum absolute atomic E-state index is 12.7. The molecule has 2 unspecified atom stereocenters. The number of nitrogens with two attached hydrogens (primary N) is 1. The van der Waals surface area contributed by atoms with Crippen molar-refractivity contribution in [3.8, 4) is 0 Å². The summed E-state index contributed by atoms with van der Waals surface area (Å²) in [5.41, 5.74) is 7.15. The van der Waals surface area contributed by atoms with Crippen molar-refractivity contribution >= 4 is 0 Å². The molecule has 0 radical (unpaired) electrons. The van der Waals surface area contributed by atoms with Crippen molar-refractivity contribution in [1.82, 2.24) is 4.90 Å². The van der Waals surface area contributed by atoms with Gasteiger partial charge in [-0.15, -0.1) is 0 Å². The molecule has 1 saturated heterocycles. The summed E-state index contributed by atoms with van der Waals surface area (Å²) in [6, 6.07) is 6.84. The molecule has 1 fully saturated rings. The van der Waals surface area contributed by atoms with Crippen LogP contribution in [-0.4, -0.2) is 31.1 Å². The highest BCUT2D eigenvalue weighted by Crippen LogP contribution is 2.25. The van der Waals surface area contributed by atoms with Gasteiger partial charge in [0.15, 0.2) is 0 Å². The Hall–Kier alpha value is -0.930. The maximum Gasteiger partial charge on any atom is 0.123 e. The van der Waals surface area contributed by atoms with Crippen LogP contribution in [0.1, 0.15) is 11.5 Å².